The van der Waals surface area contributed by atoms with Crippen molar-refractivity contribution in [2.45, 2.75) is 0 Å². The van der Waals surface area contributed by atoms with Crippen LogP contribution in [0.5, 0.6) is 0 Å². The summed E-state index contributed by atoms with van der Waals surface area (Å²) in [6.45, 7) is -0.0406. The van der Waals surface area contributed by atoms with E-state index < -0.39 is 0 Å². The van der Waals surface area contributed by atoms with Crippen LogP contribution in [-0.2, 0) is 4.79 Å². The van der Waals surface area contributed by atoms with E-state index in [9.17, 15) is 9.59 Å². The molecule has 0 aliphatic rings. The first-order valence-electron chi connectivity index (χ1n) is 7.94. The summed E-state index contributed by atoms with van der Waals surface area (Å²) in [6.07, 6.45) is 3.52. The molecule has 6 nitrogen and oxygen atoms in total. The lowest BCUT2D eigenvalue weighted by molar-refractivity contribution is -0.116. The number of anilines is 1. The Labute approximate surface area is 159 Å². The van der Waals surface area contributed by atoms with Gasteiger partial charge in [-0.25, -0.2) is 4.68 Å². The molecule has 0 aliphatic heterocycles. The first kappa shape index (κ1) is 17.9. The lowest BCUT2D eigenvalue weighted by atomic mass is 10.2. The zero-order valence-electron chi connectivity index (χ0n) is 14.1. The van der Waals surface area contributed by atoms with Crippen LogP contribution in [0.2, 0.25) is 0 Å². The Morgan fingerprint density at radius 1 is 1.12 bits per heavy atom. The summed E-state index contributed by atoms with van der Waals surface area (Å²) in [6, 6.07) is 16.2. The van der Waals surface area contributed by atoms with Crippen molar-refractivity contribution in [3.05, 3.63) is 77.0 Å². The number of hydrogen-bond acceptors (Lipinski definition) is 3. The molecule has 1 aromatic heterocycles. The Morgan fingerprint density at radius 2 is 1.85 bits per heavy atom. The topological polar surface area (TPSA) is 67.2 Å². The van der Waals surface area contributed by atoms with Gasteiger partial charge in [0, 0.05) is 29.5 Å². The second kappa shape index (κ2) is 7.97. The molecule has 0 saturated carbocycles. The maximum Gasteiger partial charge on any atom is 0.254 e. The van der Waals surface area contributed by atoms with Gasteiger partial charge < -0.3 is 10.2 Å². The molecule has 0 radical (unpaired) electrons. The van der Waals surface area contributed by atoms with Crippen LogP contribution >= 0.6 is 15.9 Å². The van der Waals surface area contributed by atoms with Crippen LogP contribution in [0.25, 0.3) is 5.69 Å². The lowest BCUT2D eigenvalue weighted by Crippen LogP contribution is -2.35. The molecule has 132 valence electrons. The van der Waals surface area contributed by atoms with Gasteiger partial charge in [-0.2, -0.15) is 5.10 Å². The minimum Gasteiger partial charge on any atom is -0.332 e. The summed E-state index contributed by atoms with van der Waals surface area (Å²) in [5.74, 6) is -0.486. The zero-order chi connectivity index (χ0) is 18.5. The normalized spacial score (nSPS) is 10.4. The smallest absolute Gasteiger partial charge is 0.254 e. The number of rotatable bonds is 5. The molecule has 0 unspecified atom stereocenters. The third-order valence-electron chi connectivity index (χ3n) is 3.76. The van der Waals surface area contributed by atoms with E-state index in [1.807, 2.05) is 42.6 Å². The standard InChI is InChI=1S/C19H17BrN4O2/c1-23(13-18(25)22-17-6-3-2-5-16(17)20)19(26)14-7-9-15(10-8-14)24-12-4-11-21-24/h2-12H,13H2,1H3,(H,22,25). The molecule has 0 saturated heterocycles. The molecule has 0 fully saturated rings. The molecule has 2 amide bonds. The SMILES string of the molecule is CN(CC(=O)Nc1ccccc1Br)C(=O)c1ccc(-n2cccn2)cc1. The van der Waals surface area contributed by atoms with Crippen LogP contribution in [0.15, 0.2) is 71.5 Å². The Morgan fingerprint density at radius 3 is 2.50 bits per heavy atom. The van der Waals surface area contributed by atoms with E-state index in [1.54, 1.807) is 36.1 Å². The molecule has 2 aromatic carbocycles. The average molecular weight is 413 g/mol. The van der Waals surface area contributed by atoms with Crippen molar-refractivity contribution in [2.75, 3.05) is 18.9 Å². The van der Waals surface area contributed by atoms with Gasteiger partial charge in [-0.1, -0.05) is 12.1 Å². The quantitative estimate of drug-likeness (QED) is 0.698. The summed E-state index contributed by atoms with van der Waals surface area (Å²) in [7, 11) is 1.60. The molecule has 26 heavy (non-hydrogen) atoms. The Bertz CT molecular complexity index is 908. The monoisotopic (exact) mass is 412 g/mol. The third-order valence-corrected chi connectivity index (χ3v) is 4.45. The highest BCUT2D eigenvalue weighted by Gasteiger charge is 2.15. The van der Waals surface area contributed by atoms with E-state index in [-0.39, 0.29) is 18.4 Å². The molecule has 1 N–H and O–H groups in total. The fourth-order valence-corrected chi connectivity index (χ4v) is 2.82. The van der Waals surface area contributed by atoms with Crippen molar-refractivity contribution in [1.29, 1.82) is 0 Å². The number of halogens is 1. The van der Waals surface area contributed by atoms with Gasteiger partial charge in [0.1, 0.15) is 0 Å². The number of nitrogens with zero attached hydrogens (tertiary/aromatic N) is 3. The van der Waals surface area contributed by atoms with E-state index in [1.165, 1.54) is 4.90 Å². The highest BCUT2D eigenvalue weighted by Crippen LogP contribution is 2.21. The van der Waals surface area contributed by atoms with Crippen LogP contribution in [0.3, 0.4) is 0 Å². The largest absolute Gasteiger partial charge is 0.332 e. The fourth-order valence-electron chi connectivity index (χ4n) is 2.44. The van der Waals surface area contributed by atoms with Gasteiger partial charge in [0.25, 0.3) is 5.91 Å². The number of aromatic nitrogens is 2. The summed E-state index contributed by atoms with van der Waals surface area (Å²) in [5.41, 5.74) is 2.04. The molecular formula is C19H17BrN4O2. The number of hydrogen-bond donors (Lipinski definition) is 1. The highest BCUT2D eigenvalue weighted by molar-refractivity contribution is 9.10. The lowest BCUT2D eigenvalue weighted by Gasteiger charge is -2.17. The summed E-state index contributed by atoms with van der Waals surface area (Å²) < 4.78 is 2.50. The van der Waals surface area contributed by atoms with Crippen LogP contribution in [0, 0.1) is 0 Å². The molecule has 0 spiro atoms. The van der Waals surface area contributed by atoms with Gasteiger partial charge in [-0.05, 0) is 58.4 Å². The summed E-state index contributed by atoms with van der Waals surface area (Å²) in [5, 5.41) is 6.93. The Kier molecular flexibility index (Phi) is 5.48. The van der Waals surface area contributed by atoms with E-state index in [0.29, 0.717) is 11.3 Å². The van der Waals surface area contributed by atoms with Gasteiger partial charge in [0.15, 0.2) is 0 Å². The number of carbonyl (C=O) groups is 2. The van der Waals surface area contributed by atoms with E-state index >= 15 is 0 Å². The van der Waals surface area contributed by atoms with Gasteiger partial charge in [-0.3, -0.25) is 9.59 Å². The number of carbonyl (C=O) groups excluding carboxylic acids is 2. The second-order valence-electron chi connectivity index (χ2n) is 5.69. The van der Waals surface area contributed by atoms with Crippen molar-refractivity contribution < 1.29 is 9.59 Å². The van der Waals surface area contributed by atoms with Gasteiger partial charge >= 0.3 is 0 Å². The molecule has 0 atom stereocenters. The Hall–Kier alpha value is -2.93. The predicted octanol–water partition coefficient (Wildman–Crippen LogP) is 3.35. The molecule has 3 rings (SSSR count). The van der Waals surface area contributed by atoms with Crippen LogP contribution in [0.4, 0.5) is 5.69 Å². The fraction of sp³-hybridized carbons (Fsp3) is 0.105. The van der Waals surface area contributed by atoms with Crippen LogP contribution in [-0.4, -0.2) is 40.1 Å². The minimum absolute atomic E-state index is 0.0406. The molecule has 7 heteroatoms. The molecule has 1 heterocycles. The number of nitrogens with one attached hydrogen (secondary N) is 1. The number of benzene rings is 2. The van der Waals surface area contributed by atoms with Crippen molar-refractivity contribution in [1.82, 2.24) is 14.7 Å². The highest BCUT2D eigenvalue weighted by atomic mass is 79.9. The maximum absolute atomic E-state index is 12.5. The number of amides is 2. The first-order chi connectivity index (χ1) is 12.5. The number of likely N-dealkylation sites (N-methyl/N-ethyl adjacent to an activating group) is 1. The average Bonchev–Trinajstić information content (AvgIpc) is 3.18. The molecule has 3 aromatic rings. The molecule has 0 aliphatic carbocycles. The van der Waals surface area contributed by atoms with Crippen LogP contribution in [0.1, 0.15) is 10.4 Å². The predicted molar refractivity (Wildman–Crippen MR) is 103 cm³/mol. The van der Waals surface area contributed by atoms with Crippen molar-refractivity contribution >= 4 is 33.4 Å². The van der Waals surface area contributed by atoms with Crippen molar-refractivity contribution in [3.8, 4) is 5.69 Å². The van der Waals surface area contributed by atoms with Crippen molar-refractivity contribution in [2.24, 2.45) is 0 Å². The van der Waals surface area contributed by atoms with Gasteiger partial charge in [0.2, 0.25) is 5.91 Å². The Balaban J connectivity index is 1.62. The van der Waals surface area contributed by atoms with Crippen molar-refractivity contribution in [3.63, 3.8) is 0 Å². The number of para-hydroxylation sites is 1. The second-order valence-corrected chi connectivity index (χ2v) is 6.54. The molecular weight excluding hydrogens is 396 g/mol. The van der Waals surface area contributed by atoms with E-state index in [0.717, 1.165) is 10.2 Å². The molecule has 0 bridgehead atoms. The third kappa shape index (κ3) is 4.18. The zero-order valence-corrected chi connectivity index (χ0v) is 15.7. The van der Waals surface area contributed by atoms with Gasteiger partial charge in [0.05, 0.1) is 17.9 Å². The van der Waals surface area contributed by atoms with Crippen LogP contribution < -0.4 is 5.32 Å². The maximum atomic E-state index is 12.5. The summed E-state index contributed by atoms with van der Waals surface area (Å²) in [4.78, 5) is 26.1. The first-order valence-corrected chi connectivity index (χ1v) is 8.74. The summed E-state index contributed by atoms with van der Waals surface area (Å²) >= 11 is 3.38. The van der Waals surface area contributed by atoms with E-state index in [2.05, 4.69) is 26.3 Å². The minimum atomic E-state index is -0.263. The van der Waals surface area contributed by atoms with E-state index in [4.69, 9.17) is 0 Å². The van der Waals surface area contributed by atoms with Gasteiger partial charge in [-0.15, -0.1) is 0 Å².